The highest BCUT2D eigenvalue weighted by Gasteiger charge is 2.58. The summed E-state index contributed by atoms with van der Waals surface area (Å²) in [7, 11) is 0. The molecule has 4 saturated carbocycles. The minimum absolute atomic E-state index is 0.205. The number of aryl methyl sites for hydroxylation is 3. The highest BCUT2D eigenvalue weighted by atomic mass is 15.1. The van der Waals surface area contributed by atoms with Gasteiger partial charge in [0.2, 0.25) is 0 Å². The second-order valence-electron chi connectivity index (χ2n) is 21.1. The molecule has 0 spiro atoms. The average Bonchev–Trinajstić information content (AvgIpc) is 3.54. The first-order valence-electron chi connectivity index (χ1n) is 24.5. The lowest BCUT2D eigenvalue weighted by Gasteiger charge is -2.63. The van der Waals surface area contributed by atoms with Crippen LogP contribution in [0.4, 0.5) is 34.1 Å². The third-order valence-corrected chi connectivity index (χ3v) is 16.3. The van der Waals surface area contributed by atoms with Crippen molar-refractivity contribution in [2.45, 2.75) is 109 Å². The van der Waals surface area contributed by atoms with E-state index in [1.54, 1.807) is 11.1 Å². The maximum atomic E-state index is 4.03. The zero-order valence-electron chi connectivity index (χ0n) is 39.2. The number of hydrogen-bond acceptors (Lipinski definition) is 2. The van der Waals surface area contributed by atoms with Crippen LogP contribution in [0.3, 0.4) is 0 Å². The van der Waals surface area contributed by atoms with Crippen LogP contribution in [0.15, 0.2) is 164 Å². The van der Waals surface area contributed by atoms with Crippen LogP contribution in [-0.2, 0) is 22.7 Å². The van der Waals surface area contributed by atoms with Gasteiger partial charge in [-0.1, -0.05) is 136 Å². The van der Waals surface area contributed by atoms with Crippen LogP contribution < -0.4 is 9.80 Å². The van der Waals surface area contributed by atoms with Crippen LogP contribution >= 0.6 is 0 Å². The molecule has 0 aromatic heterocycles. The van der Waals surface area contributed by atoms with E-state index in [-0.39, 0.29) is 16.2 Å². The summed E-state index contributed by atoms with van der Waals surface area (Å²) in [6, 6.07) is 61.0. The lowest BCUT2D eigenvalue weighted by atomic mass is 9.42. The Morgan fingerprint density at radius 3 is 1.35 bits per heavy atom. The van der Waals surface area contributed by atoms with E-state index in [0.717, 1.165) is 18.3 Å². The van der Waals surface area contributed by atoms with Gasteiger partial charge in [-0.15, -0.1) is 0 Å². The third-order valence-electron chi connectivity index (χ3n) is 16.3. The summed E-state index contributed by atoms with van der Waals surface area (Å²) >= 11 is 0. The summed E-state index contributed by atoms with van der Waals surface area (Å²) in [5.41, 5.74) is 21.1. The smallest absolute Gasteiger partial charge is 0.0465 e. The molecule has 0 radical (unpaired) electrons. The fourth-order valence-corrected chi connectivity index (χ4v) is 13.3. The molecular formula is C63H64N2. The summed E-state index contributed by atoms with van der Waals surface area (Å²) in [5, 5.41) is 0. The molecular weight excluding hydrogens is 785 g/mol. The van der Waals surface area contributed by atoms with Crippen molar-refractivity contribution >= 4 is 40.2 Å². The minimum Gasteiger partial charge on any atom is -0.310 e. The lowest BCUT2D eigenvalue weighted by Crippen LogP contribution is -2.55. The van der Waals surface area contributed by atoms with Gasteiger partial charge in [-0.3, -0.25) is 0 Å². The molecule has 2 heteroatoms. The summed E-state index contributed by atoms with van der Waals surface area (Å²) in [4.78, 5) is 4.92. The molecule has 2 unspecified atom stereocenters. The van der Waals surface area contributed by atoms with Crippen molar-refractivity contribution in [3.8, 4) is 11.1 Å². The second-order valence-corrected chi connectivity index (χ2v) is 21.1. The van der Waals surface area contributed by atoms with Crippen molar-refractivity contribution in [3.63, 3.8) is 0 Å². The number of hydrogen-bond donors (Lipinski definition) is 0. The average molecular weight is 849 g/mol. The van der Waals surface area contributed by atoms with Crippen LogP contribution in [0, 0.1) is 25.7 Å². The van der Waals surface area contributed by atoms with Crippen LogP contribution in [0.1, 0.15) is 117 Å². The number of rotatable bonds is 12. The molecule has 7 aromatic rings. The molecule has 0 amide bonds. The van der Waals surface area contributed by atoms with Gasteiger partial charge >= 0.3 is 0 Å². The molecule has 4 bridgehead atoms. The van der Waals surface area contributed by atoms with Crippen molar-refractivity contribution in [1.29, 1.82) is 0 Å². The molecule has 12 rings (SSSR count). The first-order valence-corrected chi connectivity index (χ1v) is 24.5. The van der Waals surface area contributed by atoms with E-state index in [2.05, 4.69) is 209 Å². The van der Waals surface area contributed by atoms with Gasteiger partial charge in [-0.05, 0) is 205 Å². The number of benzene rings is 7. The van der Waals surface area contributed by atoms with Gasteiger partial charge in [0, 0.05) is 39.5 Å². The lowest BCUT2D eigenvalue weighted by molar-refractivity contribution is -0.0281. The maximum absolute atomic E-state index is 4.03. The predicted octanol–water partition coefficient (Wildman–Crippen LogP) is 17.3. The predicted molar refractivity (Wildman–Crippen MR) is 276 cm³/mol. The first-order chi connectivity index (χ1) is 31.5. The molecule has 2 atom stereocenters. The van der Waals surface area contributed by atoms with Crippen molar-refractivity contribution < 1.29 is 0 Å². The van der Waals surface area contributed by atoms with Gasteiger partial charge in [-0.2, -0.15) is 0 Å². The van der Waals surface area contributed by atoms with Gasteiger partial charge in [0.05, 0.1) is 0 Å². The SMILES string of the molecule is C=Cc1ccc(C23CC4CC(C2)CC(c2ccc(N(c5ccc(CCCC)cc5)c5ccc6c(c5)C(C)(C)c5cc(N(c7ccc(C)cc7)c7ccc(C)cc7)ccc5-6)cc2)(C4)C3)cc1. The van der Waals surface area contributed by atoms with E-state index in [4.69, 9.17) is 0 Å². The third kappa shape index (κ3) is 7.25. The summed E-state index contributed by atoms with van der Waals surface area (Å²) in [6.07, 6.45) is 13.5. The number of anilines is 6. The summed E-state index contributed by atoms with van der Waals surface area (Å²) < 4.78 is 0. The van der Waals surface area contributed by atoms with Crippen LogP contribution in [0.25, 0.3) is 17.2 Å². The summed E-state index contributed by atoms with van der Waals surface area (Å²) in [6.45, 7) is 15.5. The Balaban J connectivity index is 0.956. The molecule has 0 aliphatic heterocycles. The van der Waals surface area contributed by atoms with E-state index >= 15 is 0 Å². The molecule has 0 heterocycles. The van der Waals surface area contributed by atoms with Crippen molar-refractivity contribution in [2.75, 3.05) is 9.80 Å². The summed E-state index contributed by atoms with van der Waals surface area (Å²) in [5.74, 6) is 1.61. The zero-order valence-corrected chi connectivity index (χ0v) is 39.2. The van der Waals surface area contributed by atoms with Crippen LogP contribution in [-0.4, -0.2) is 0 Å². The van der Waals surface area contributed by atoms with Gasteiger partial charge in [0.25, 0.3) is 0 Å². The van der Waals surface area contributed by atoms with Gasteiger partial charge in [0.15, 0.2) is 0 Å². The number of unbranched alkanes of at least 4 members (excludes halogenated alkanes) is 1. The molecule has 5 aliphatic carbocycles. The molecule has 5 aliphatic rings. The standard InChI is InChI=1S/C63H64N2/c1-7-9-10-46-17-27-53(28-18-46)65(54-29-21-50(22-30-54)63-40-47-35-48(41-63)39-62(38-47,42-63)49-19-15-45(8-2)16-20-49)56-32-34-58-57-33-31-55(36-59(57)61(5,6)60(58)37-56)64(51-23-11-43(3)12-24-51)52-25-13-44(4)14-26-52/h8,11-34,36-37,47-48H,2,7,9-10,35,38-42H2,1,3-6H3. The monoisotopic (exact) mass is 849 g/mol. The molecule has 7 aromatic carbocycles. The van der Waals surface area contributed by atoms with Gasteiger partial charge in [-0.25, -0.2) is 0 Å². The Morgan fingerprint density at radius 1 is 0.523 bits per heavy atom. The van der Waals surface area contributed by atoms with Gasteiger partial charge in [0.1, 0.15) is 0 Å². The molecule has 326 valence electrons. The molecule has 0 N–H and O–H groups in total. The maximum Gasteiger partial charge on any atom is 0.0465 e. The van der Waals surface area contributed by atoms with E-state index in [9.17, 15) is 0 Å². The Hall–Kier alpha value is -6.12. The van der Waals surface area contributed by atoms with Gasteiger partial charge < -0.3 is 9.80 Å². The quantitative estimate of drug-likeness (QED) is 0.121. The highest BCUT2D eigenvalue weighted by Crippen LogP contribution is 2.66. The Morgan fingerprint density at radius 2 is 0.923 bits per heavy atom. The Labute approximate surface area is 388 Å². The Bertz CT molecular complexity index is 2800. The van der Waals surface area contributed by atoms with Crippen molar-refractivity contribution in [3.05, 3.63) is 209 Å². The highest BCUT2D eigenvalue weighted by molar-refractivity contribution is 5.88. The van der Waals surface area contributed by atoms with Crippen LogP contribution in [0.2, 0.25) is 0 Å². The van der Waals surface area contributed by atoms with Crippen molar-refractivity contribution in [2.24, 2.45) is 11.8 Å². The van der Waals surface area contributed by atoms with E-state index < -0.39 is 0 Å². The molecule has 65 heavy (non-hydrogen) atoms. The first kappa shape index (κ1) is 41.6. The van der Waals surface area contributed by atoms with Crippen LogP contribution in [0.5, 0.6) is 0 Å². The van der Waals surface area contributed by atoms with E-state index in [1.807, 2.05) is 6.08 Å². The largest absolute Gasteiger partial charge is 0.310 e. The fraction of sp³-hybridized carbons (Fsp3) is 0.302. The Kier molecular flexibility index (Phi) is 10.3. The second kappa shape index (κ2) is 16.1. The normalized spacial score (nSPS) is 22.0. The fourth-order valence-electron chi connectivity index (χ4n) is 13.3. The van der Waals surface area contributed by atoms with Crippen molar-refractivity contribution in [1.82, 2.24) is 0 Å². The van der Waals surface area contributed by atoms with E-state index in [0.29, 0.717) is 0 Å². The topological polar surface area (TPSA) is 6.48 Å². The number of nitrogens with zero attached hydrogens (tertiary/aromatic N) is 2. The zero-order chi connectivity index (χ0) is 44.5. The molecule has 2 nitrogen and oxygen atoms in total. The number of fused-ring (bicyclic) bond motifs is 3. The molecule has 0 saturated heterocycles. The minimum atomic E-state index is -0.205. The molecule has 4 fully saturated rings. The van der Waals surface area contributed by atoms with E-state index in [1.165, 1.54) is 130 Å².